The number of methoxy groups -OCH3 is 2. The predicted octanol–water partition coefficient (Wildman–Crippen LogP) is 4.45. The van der Waals surface area contributed by atoms with Crippen LogP contribution in [0, 0.1) is 11.8 Å². The van der Waals surface area contributed by atoms with Gasteiger partial charge in [-0.05, 0) is 54.5 Å². The van der Waals surface area contributed by atoms with Crippen LogP contribution in [0.25, 0.3) is 0 Å². The van der Waals surface area contributed by atoms with Crippen molar-refractivity contribution < 1.29 is 40.9 Å². The SMILES string of the molecule is COC(=O)c1ccc(N(c2cccc(C#Cc3cccc(OC(F)(F)F)c3)n2)S(=O)O)c(OC)c1. The number of benzene rings is 2. The van der Waals surface area contributed by atoms with Gasteiger partial charge in [0.1, 0.15) is 28.7 Å². The molecule has 1 atom stereocenters. The number of aromatic nitrogens is 1. The number of pyridine rings is 1. The largest absolute Gasteiger partial charge is 0.573 e. The second kappa shape index (κ2) is 10.9. The number of alkyl halides is 3. The number of ether oxygens (including phenoxy) is 3. The maximum absolute atomic E-state index is 12.4. The molecule has 0 saturated carbocycles. The van der Waals surface area contributed by atoms with Gasteiger partial charge in [-0.2, -0.15) is 0 Å². The summed E-state index contributed by atoms with van der Waals surface area (Å²) >= 11 is -2.59. The Morgan fingerprint density at radius 1 is 1.06 bits per heavy atom. The molecule has 0 saturated heterocycles. The Hall–Kier alpha value is -4.08. The first-order chi connectivity index (χ1) is 16.6. The molecule has 182 valence electrons. The molecule has 0 bridgehead atoms. The van der Waals surface area contributed by atoms with Gasteiger partial charge >= 0.3 is 12.3 Å². The van der Waals surface area contributed by atoms with Crippen molar-refractivity contribution in [2.75, 3.05) is 18.5 Å². The van der Waals surface area contributed by atoms with Crippen molar-refractivity contribution in [3.63, 3.8) is 0 Å². The normalized spacial score (nSPS) is 11.6. The molecule has 12 heteroatoms. The first-order valence-electron chi connectivity index (χ1n) is 9.63. The van der Waals surface area contributed by atoms with Crippen LogP contribution in [-0.4, -0.2) is 40.3 Å². The summed E-state index contributed by atoms with van der Waals surface area (Å²) in [6.45, 7) is 0. The monoisotopic (exact) mass is 506 g/mol. The molecule has 0 aliphatic heterocycles. The lowest BCUT2D eigenvalue weighted by atomic mass is 10.2. The van der Waals surface area contributed by atoms with Gasteiger partial charge in [-0.3, -0.25) is 4.55 Å². The number of anilines is 2. The van der Waals surface area contributed by atoms with Crippen LogP contribution in [0.15, 0.2) is 60.7 Å². The highest BCUT2D eigenvalue weighted by molar-refractivity contribution is 7.81. The van der Waals surface area contributed by atoms with Gasteiger partial charge in [0, 0.05) is 5.56 Å². The summed E-state index contributed by atoms with van der Waals surface area (Å²) in [7, 11) is 2.54. The zero-order chi connectivity index (χ0) is 25.6. The van der Waals surface area contributed by atoms with Crippen molar-refractivity contribution in [3.05, 3.63) is 77.5 Å². The van der Waals surface area contributed by atoms with Crippen LogP contribution < -0.4 is 13.8 Å². The summed E-state index contributed by atoms with van der Waals surface area (Å²) in [4.78, 5) is 16.1. The fourth-order valence-electron chi connectivity index (χ4n) is 2.89. The van der Waals surface area contributed by atoms with Gasteiger partial charge in [0.15, 0.2) is 0 Å². The number of hydrogen-bond donors (Lipinski definition) is 1. The summed E-state index contributed by atoms with van der Waals surface area (Å²) in [5.74, 6) is 4.47. The molecule has 0 radical (unpaired) electrons. The third-order valence-corrected chi connectivity index (χ3v) is 5.02. The first kappa shape index (κ1) is 25.5. The second-order valence-corrected chi connectivity index (χ2v) is 7.44. The minimum atomic E-state index is -4.83. The van der Waals surface area contributed by atoms with E-state index in [0.29, 0.717) is 0 Å². The molecule has 3 aromatic rings. The lowest BCUT2D eigenvalue weighted by Gasteiger charge is -2.21. The number of halogens is 3. The molecular weight excluding hydrogens is 489 g/mol. The Kier molecular flexibility index (Phi) is 7.95. The van der Waals surface area contributed by atoms with Gasteiger partial charge < -0.3 is 14.2 Å². The van der Waals surface area contributed by atoms with Crippen LogP contribution in [0.3, 0.4) is 0 Å². The topological polar surface area (TPSA) is 98.2 Å². The number of carbonyl (C=O) groups is 1. The lowest BCUT2D eigenvalue weighted by molar-refractivity contribution is -0.274. The summed E-state index contributed by atoms with van der Waals surface area (Å²) in [6.07, 6.45) is -4.83. The molecule has 1 heterocycles. The average Bonchev–Trinajstić information content (AvgIpc) is 2.82. The Bertz CT molecular complexity index is 1320. The first-order valence-corrected chi connectivity index (χ1v) is 10.7. The van der Waals surface area contributed by atoms with E-state index >= 15 is 0 Å². The number of esters is 1. The molecule has 0 fully saturated rings. The van der Waals surface area contributed by atoms with Gasteiger partial charge in [0.05, 0.1) is 19.8 Å². The van der Waals surface area contributed by atoms with Crippen LogP contribution in [0.2, 0.25) is 0 Å². The highest BCUT2D eigenvalue weighted by Gasteiger charge is 2.31. The number of rotatable bonds is 6. The van der Waals surface area contributed by atoms with E-state index in [4.69, 9.17) is 4.74 Å². The molecule has 1 unspecified atom stereocenters. The van der Waals surface area contributed by atoms with Gasteiger partial charge in [-0.1, -0.05) is 18.1 Å². The summed E-state index contributed by atoms with van der Waals surface area (Å²) < 4.78 is 74.2. The molecule has 0 spiro atoms. The molecule has 0 aliphatic rings. The molecule has 35 heavy (non-hydrogen) atoms. The van der Waals surface area contributed by atoms with E-state index < -0.39 is 29.3 Å². The van der Waals surface area contributed by atoms with Crippen molar-refractivity contribution >= 4 is 28.7 Å². The van der Waals surface area contributed by atoms with E-state index in [9.17, 15) is 26.7 Å². The van der Waals surface area contributed by atoms with E-state index in [2.05, 4.69) is 26.3 Å². The maximum Gasteiger partial charge on any atom is 0.573 e. The molecule has 8 nitrogen and oxygen atoms in total. The Morgan fingerprint density at radius 2 is 1.80 bits per heavy atom. The molecule has 0 aliphatic carbocycles. The van der Waals surface area contributed by atoms with Crippen molar-refractivity contribution in [2.45, 2.75) is 6.36 Å². The number of carbonyl (C=O) groups excluding carboxylic acids is 1. The molecular formula is C23H17F3N2O6S. The molecule has 2 aromatic carbocycles. The van der Waals surface area contributed by atoms with E-state index in [1.165, 1.54) is 62.8 Å². The Labute approximate surface area is 200 Å². The van der Waals surface area contributed by atoms with E-state index in [1.54, 1.807) is 0 Å². The van der Waals surface area contributed by atoms with Gasteiger partial charge in [0.2, 0.25) is 0 Å². The maximum atomic E-state index is 12.4. The third kappa shape index (κ3) is 6.72. The standard InChI is InChI=1S/C23H17F3N2O6S/c1-32-20-14-16(22(29)33-2)10-12-19(20)28(35(30)31)21-8-4-6-17(27-21)11-9-15-5-3-7-18(13-15)34-23(24,25)26/h3-8,10,12-14H,1-2H3,(H,30,31). The second-order valence-electron chi connectivity index (χ2n) is 6.61. The van der Waals surface area contributed by atoms with Crippen LogP contribution in [0.4, 0.5) is 24.7 Å². The van der Waals surface area contributed by atoms with Crippen molar-refractivity contribution in [1.82, 2.24) is 4.98 Å². The molecule has 0 amide bonds. The fourth-order valence-corrected chi connectivity index (χ4v) is 3.47. The minimum Gasteiger partial charge on any atom is -0.495 e. The fraction of sp³-hybridized carbons (Fsp3) is 0.130. The van der Waals surface area contributed by atoms with Crippen LogP contribution >= 0.6 is 0 Å². The summed E-state index contributed by atoms with van der Waals surface area (Å²) in [6, 6.07) is 13.7. The van der Waals surface area contributed by atoms with Crippen LogP contribution in [-0.2, 0) is 16.0 Å². The predicted molar refractivity (Wildman–Crippen MR) is 121 cm³/mol. The smallest absolute Gasteiger partial charge is 0.495 e. The molecule has 3 rings (SSSR count). The van der Waals surface area contributed by atoms with Crippen molar-refractivity contribution in [3.8, 4) is 23.3 Å². The minimum absolute atomic E-state index is 0.0240. The summed E-state index contributed by atoms with van der Waals surface area (Å²) in [5.41, 5.74) is 0.712. The van der Waals surface area contributed by atoms with Crippen molar-refractivity contribution in [1.29, 1.82) is 0 Å². The highest BCUT2D eigenvalue weighted by Crippen LogP contribution is 2.35. The van der Waals surface area contributed by atoms with Gasteiger partial charge in [-0.15, -0.1) is 13.2 Å². The zero-order valence-electron chi connectivity index (χ0n) is 18.2. The van der Waals surface area contributed by atoms with E-state index in [-0.39, 0.29) is 34.1 Å². The molecule has 1 N–H and O–H groups in total. The molecule has 1 aromatic heterocycles. The highest BCUT2D eigenvalue weighted by atomic mass is 32.2. The van der Waals surface area contributed by atoms with E-state index in [1.807, 2.05) is 0 Å². The van der Waals surface area contributed by atoms with E-state index in [0.717, 1.165) is 16.4 Å². The van der Waals surface area contributed by atoms with Gasteiger partial charge in [0.25, 0.3) is 11.3 Å². The lowest BCUT2D eigenvalue weighted by Crippen LogP contribution is -2.21. The zero-order valence-corrected chi connectivity index (χ0v) is 19.0. The summed E-state index contributed by atoms with van der Waals surface area (Å²) in [5, 5.41) is 0. The Balaban J connectivity index is 1.95. The van der Waals surface area contributed by atoms with Crippen LogP contribution in [0.1, 0.15) is 21.6 Å². The van der Waals surface area contributed by atoms with Crippen molar-refractivity contribution in [2.24, 2.45) is 0 Å². The van der Waals surface area contributed by atoms with Gasteiger partial charge in [-0.25, -0.2) is 18.3 Å². The van der Waals surface area contributed by atoms with Crippen LogP contribution in [0.5, 0.6) is 11.5 Å². The quantitative estimate of drug-likeness (QED) is 0.300. The Morgan fingerprint density at radius 3 is 2.46 bits per heavy atom. The number of hydrogen-bond acceptors (Lipinski definition) is 6. The average molecular weight is 506 g/mol. The third-order valence-electron chi connectivity index (χ3n) is 4.32. The number of nitrogens with zero attached hydrogens (tertiary/aromatic N) is 2.